The zero-order valence-electron chi connectivity index (χ0n) is 18.3. The van der Waals surface area contributed by atoms with Crippen molar-refractivity contribution in [3.63, 3.8) is 0 Å². The molecule has 0 saturated heterocycles. The first-order chi connectivity index (χ1) is 16.2. The maximum atomic E-state index is 13.2. The first kappa shape index (κ1) is 22.0. The third-order valence-electron chi connectivity index (χ3n) is 6.02. The summed E-state index contributed by atoms with van der Waals surface area (Å²) in [6.07, 6.45) is -1.64. The van der Waals surface area contributed by atoms with Crippen LogP contribution in [-0.4, -0.2) is 48.9 Å². The smallest absolute Gasteiger partial charge is 0.354 e. The number of nitrogens with zero attached hydrogens (tertiary/aromatic N) is 5. The van der Waals surface area contributed by atoms with Gasteiger partial charge in [0.1, 0.15) is 22.6 Å². The third-order valence-corrected chi connectivity index (χ3v) is 6.02. The molecule has 176 valence electrons. The Labute approximate surface area is 190 Å². The molecule has 1 aliphatic rings. The molecule has 34 heavy (non-hydrogen) atoms. The molecule has 0 spiro atoms. The van der Waals surface area contributed by atoms with Crippen molar-refractivity contribution in [2.24, 2.45) is 0 Å². The summed E-state index contributed by atoms with van der Waals surface area (Å²) in [6, 6.07) is 3.38. The summed E-state index contributed by atoms with van der Waals surface area (Å²) >= 11 is 0. The molecule has 9 nitrogen and oxygen atoms in total. The molecule has 5 rings (SSSR count). The number of hydrogen-bond acceptors (Lipinski definition) is 6. The lowest BCUT2D eigenvalue weighted by Crippen LogP contribution is -2.33. The minimum atomic E-state index is -4.75. The van der Waals surface area contributed by atoms with E-state index in [-0.39, 0.29) is 22.5 Å². The van der Waals surface area contributed by atoms with E-state index in [1.807, 2.05) is 0 Å². The van der Waals surface area contributed by atoms with Crippen LogP contribution in [0.2, 0.25) is 0 Å². The zero-order valence-corrected chi connectivity index (χ0v) is 18.3. The molecule has 5 heterocycles. The Kier molecular flexibility index (Phi) is 5.12. The number of aromatic nitrogens is 5. The number of amides is 1. The molecule has 4 aromatic heterocycles. The van der Waals surface area contributed by atoms with Crippen molar-refractivity contribution < 1.29 is 18.0 Å². The zero-order chi connectivity index (χ0) is 24.2. The topological polar surface area (TPSA) is 109 Å². The number of aryl methyl sites for hydroxylation is 1. The van der Waals surface area contributed by atoms with Gasteiger partial charge in [0.15, 0.2) is 0 Å². The first-order valence-electron chi connectivity index (χ1n) is 10.5. The number of pyridine rings is 3. The maximum absolute atomic E-state index is 13.2. The van der Waals surface area contributed by atoms with E-state index < -0.39 is 17.3 Å². The van der Waals surface area contributed by atoms with E-state index in [0.717, 1.165) is 16.9 Å². The Bertz CT molecular complexity index is 1510. The van der Waals surface area contributed by atoms with Crippen molar-refractivity contribution in [2.75, 3.05) is 13.6 Å². The van der Waals surface area contributed by atoms with Crippen LogP contribution in [-0.2, 0) is 25.8 Å². The van der Waals surface area contributed by atoms with Crippen molar-refractivity contribution in [1.82, 2.24) is 34.7 Å². The van der Waals surface area contributed by atoms with E-state index in [1.54, 1.807) is 25.4 Å². The second kappa shape index (κ2) is 7.90. The van der Waals surface area contributed by atoms with Crippen molar-refractivity contribution >= 4 is 28.0 Å². The van der Waals surface area contributed by atoms with Crippen molar-refractivity contribution in [3.05, 3.63) is 63.1 Å². The predicted octanol–water partition coefficient (Wildman–Crippen LogP) is 2.37. The van der Waals surface area contributed by atoms with Crippen LogP contribution in [0.5, 0.6) is 0 Å². The summed E-state index contributed by atoms with van der Waals surface area (Å²) in [5.74, 6) is 0.555. The van der Waals surface area contributed by atoms with E-state index in [1.165, 1.54) is 13.1 Å². The molecule has 0 unspecified atom stereocenters. The van der Waals surface area contributed by atoms with Crippen molar-refractivity contribution in [2.45, 2.75) is 32.7 Å². The molecular weight excluding hydrogens is 451 g/mol. The molecule has 0 aliphatic carbocycles. The van der Waals surface area contributed by atoms with Crippen LogP contribution in [0, 0.1) is 6.92 Å². The Morgan fingerprint density at radius 3 is 2.74 bits per heavy atom. The summed E-state index contributed by atoms with van der Waals surface area (Å²) in [6.45, 7) is 3.61. The Hall–Kier alpha value is -3.80. The van der Waals surface area contributed by atoms with Gasteiger partial charge >= 0.3 is 6.18 Å². The molecule has 0 bridgehead atoms. The number of carbonyl (C=O) groups is 1. The number of halogens is 3. The summed E-state index contributed by atoms with van der Waals surface area (Å²) in [7, 11) is 1.55. The summed E-state index contributed by atoms with van der Waals surface area (Å²) in [4.78, 5) is 41.4. The lowest BCUT2D eigenvalue weighted by atomic mass is 10.1. The fourth-order valence-electron chi connectivity index (χ4n) is 4.42. The number of nitrogens with one attached hydrogen (secondary N) is 2. The Morgan fingerprint density at radius 2 is 2.00 bits per heavy atom. The van der Waals surface area contributed by atoms with E-state index in [9.17, 15) is 22.8 Å². The van der Waals surface area contributed by atoms with Gasteiger partial charge in [-0.05, 0) is 30.2 Å². The molecule has 12 heteroatoms. The van der Waals surface area contributed by atoms with Crippen molar-refractivity contribution in [1.29, 1.82) is 0 Å². The van der Waals surface area contributed by atoms with Crippen LogP contribution >= 0.6 is 0 Å². The molecule has 0 aromatic carbocycles. The fourth-order valence-corrected chi connectivity index (χ4v) is 4.42. The first-order valence-corrected chi connectivity index (χ1v) is 10.5. The molecule has 0 fully saturated rings. The average Bonchev–Trinajstić information content (AvgIpc) is 3.14. The number of alkyl halides is 3. The van der Waals surface area contributed by atoms with E-state index in [0.29, 0.717) is 37.4 Å². The van der Waals surface area contributed by atoms with Gasteiger partial charge in [-0.1, -0.05) is 0 Å². The quantitative estimate of drug-likeness (QED) is 0.475. The van der Waals surface area contributed by atoms with Crippen LogP contribution in [0.1, 0.15) is 33.0 Å². The Balaban J connectivity index is 1.41. The van der Waals surface area contributed by atoms with Crippen LogP contribution in [0.25, 0.3) is 22.1 Å². The predicted molar refractivity (Wildman–Crippen MR) is 117 cm³/mol. The van der Waals surface area contributed by atoms with Gasteiger partial charge in [0.2, 0.25) is 0 Å². The molecule has 0 radical (unpaired) electrons. The normalized spacial score (nSPS) is 14.5. The minimum Gasteiger partial charge on any atom is -0.354 e. The molecule has 1 amide bonds. The molecule has 4 aromatic rings. The monoisotopic (exact) mass is 471 g/mol. The van der Waals surface area contributed by atoms with Gasteiger partial charge in [0, 0.05) is 32.9 Å². The van der Waals surface area contributed by atoms with Gasteiger partial charge < -0.3 is 14.9 Å². The molecule has 2 N–H and O–H groups in total. The van der Waals surface area contributed by atoms with Gasteiger partial charge in [-0.2, -0.15) is 13.2 Å². The number of H-pyrrole nitrogens is 1. The van der Waals surface area contributed by atoms with Crippen LogP contribution in [0.3, 0.4) is 0 Å². The highest BCUT2D eigenvalue weighted by atomic mass is 19.4. The minimum absolute atomic E-state index is 0.121. The number of carbonyl (C=O) groups excluding carboxylic acids is 1. The fraction of sp³-hybridized carbons (Fsp3) is 0.318. The SMILES string of the molecule is CNC(=O)c1cc2c(cn1)nc1n2CCN(Cc2cnc3c(C)c(C(F)(F)F)c(=O)[nH]c3c2)C1. The Morgan fingerprint density at radius 1 is 1.21 bits per heavy atom. The summed E-state index contributed by atoms with van der Waals surface area (Å²) < 4.78 is 41.7. The lowest BCUT2D eigenvalue weighted by Gasteiger charge is -2.27. The second-order valence-corrected chi connectivity index (χ2v) is 8.22. The number of aromatic amines is 1. The van der Waals surface area contributed by atoms with Gasteiger partial charge in [0.25, 0.3) is 11.5 Å². The van der Waals surface area contributed by atoms with Crippen LogP contribution in [0.15, 0.2) is 29.3 Å². The van der Waals surface area contributed by atoms with Crippen molar-refractivity contribution in [3.8, 4) is 0 Å². The van der Waals surface area contributed by atoms with Gasteiger partial charge in [0.05, 0.1) is 29.3 Å². The number of imidazole rings is 1. The lowest BCUT2D eigenvalue weighted by molar-refractivity contribution is -0.139. The molecular formula is C22H20F3N7O2. The molecule has 1 aliphatic heterocycles. The molecule has 0 saturated carbocycles. The van der Waals surface area contributed by atoms with Gasteiger partial charge in [-0.15, -0.1) is 0 Å². The van der Waals surface area contributed by atoms with Gasteiger partial charge in [-0.3, -0.25) is 19.5 Å². The highest BCUT2D eigenvalue weighted by molar-refractivity contribution is 5.95. The third kappa shape index (κ3) is 3.69. The maximum Gasteiger partial charge on any atom is 0.422 e. The van der Waals surface area contributed by atoms with Gasteiger partial charge in [-0.25, -0.2) is 9.97 Å². The standard InChI is InChI=1S/C22H20F3N7O2/c1-11-18(22(23,24)25)21(34)30-13-5-12(7-28-19(11)13)9-31-3-4-32-16-6-14(20(33)26-2)27-8-15(16)29-17(32)10-31/h5-8H,3-4,9-10H2,1-2H3,(H,26,33)(H,30,34). The highest BCUT2D eigenvalue weighted by Crippen LogP contribution is 2.31. The van der Waals surface area contributed by atoms with Crippen LogP contribution < -0.4 is 10.9 Å². The largest absolute Gasteiger partial charge is 0.422 e. The summed E-state index contributed by atoms with van der Waals surface area (Å²) in [5.41, 5.74) is 0.428. The van der Waals surface area contributed by atoms with E-state index in [4.69, 9.17) is 0 Å². The number of fused-ring (bicyclic) bond motifs is 4. The van der Waals surface area contributed by atoms with E-state index >= 15 is 0 Å². The number of rotatable bonds is 3. The average molecular weight is 471 g/mol. The van der Waals surface area contributed by atoms with Crippen LogP contribution in [0.4, 0.5) is 13.2 Å². The summed E-state index contributed by atoms with van der Waals surface area (Å²) in [5, 5.41) is 2.56. The number of hydrogen-bond donors (Lipinski definition) is 2. The second-order valence-electron chi connectivity index (χ2n) is 8.22. The highest BCUT2D eigenvalue weighted by Gasteiger charge is 2.37. The molecule has 0 atom stereocenters. The van der Waals surface area contributed by atoms with E-state index in [2.05, 4.69) is 34.7 Å².